The van der Waals surface area contributed by atoms with Gasteiger partial charge in [0.15, 0.2) is 0 Å². The topological polar surface area (TPSA) is 57.5 Å². The highest BCUT2D eigenvalue weighted by atomic mass is 16.3. The first kappa shape index (κ1) is 21.8. The van der Waals surface area contributed by atoms with Gasteiger partial charge in [0.05, 0.1) is 11.7 Å². The summed E-state index contributed by atoms with van der Waals surface area (Å²) in [5, 5.41) is 16.5. The lowest BCUT2D eigenvalue weighted by molar-refractivity contribution is 0.423. The van der Waals surface area contributed by atoms with Gasteiger partial charge in [-0.25, -0.2) is 4.98 Å². The number of phenols is 1. The van der Waals surface area contributed by atoms with Gasteiger partial charge in [-0.2, -0.15) is 5.10 Å². The van der Waals surface area contributed by atoms with Crippen LogP contribution in [0.25, 0.3) is 10.9 Å². The first-order valence-corrected chi connectivity index (χ1v) is 10.4. The molecule has 30 heavy (non-hydrogen) atoms. The highest BCUT2D eigenvalue weighted by Gasteiger charge is 2.26. The van der Waals surface area contributed by atoms with Gasteiger partial charge >= 0.3 is 0 Å². The lowest BCUT2D eigenvalue weighted by Crippen LogP contribution is -2.18. The Kier molecular flexibility index (Phi) is 5.64. The molecule has 0 aliphatic rings. The Balaban J connectivity index is 1.96. The molecule has 0 radical (unpaired) electrons. The van der Waals surface area contributed by atoms with Crippen molar-refractivity contribution in [1.82, 2.24) is 4.98 Å². The molecular weight excluding hydrogens is 370 g/mol. The molecule has 1 aromatic heterocycles. The summed E-state index contributed by atoms with van der Waals surface area (Å²) in [6.07, 6.45) is 1.80. The van der Waals surface area contributed by atoms with Crippen molar-refractivity contribution in [2.24, 2.45) is 5.10 Å². The molecule has 0 amide bonds. The van der Waals surface area contributed by atoms with E-state index in [1.54, 1.807) is 6.21 Å². The third-order valence-corrected chi connectivity index (χ3v) is 5.30. The standard InChI is InChI=1S/C26H33N3O/c1-16-9-10-19-12-17(2)24(28-22(19)11-16)29-27-15-18-13-20(25(3,4)5)23(30)21(14-18)26(6,7)8/h9-15,30H,1-8H3,(H,28,29)/b27-15-. The number of anilines is 1. The molecule has 4 heteroatoms. The number of aromatic nitrogens is 1. The van der Waals surface area contributed by atoms with Crippen molar-refractivity contribution in [3.05, 3.63) is 64.2 Å². The molecule has 0 fully saturated rings. The molecule has 0 saturated carbocycles. The summed E-state index contributed by atoms with van der Waals surface area (Å²) >= 11 is 0. The fraction of sp³-hybridized carbons (Fsp3) is 0.385. The van der Waals surface area contributed by atoms with Crippen LogP contribution in [0.5, 0.6) is 5.75 Å². The summed E-state index contributed by atoms with van der Waals surface area (Å²) in [5.74, 6) is 1.12. The van der Waals surface area contributed by atoms with Crippen LogP contribution in [-0.2, 0) is 10.8 Å². The maximum atomic E-state index is 10.9. The second-order valence-electron chi connectivity index (χ2n) is 10.2. The Morgan fingerprint density at radius 2 is 1.50 bits per heavy atom. The van der Waals surface area contributed by atoms with E-state index in [0.29, 0.717) is 5.75 Å². The average Bonchev–Trinajstić information content (AvgIpc) is 2.61. The molecule has 158 valence electrons. The Morgan fingerprint density at radius 3 is 2.07 bits per heavy atom. The Labute approximate surface area is 180 Å². The van der Waals surface area contributed by atoms with E-state index in [0.717, 1.165) is 39.0 Å². The molecule has 0 spiro atoms. The molecule has 0 aliphatic carbocycles. The summed E-state index contributed by atoms with van der Waals surface area (Å²) in [6.45, 7) is 16.7. The summed E-state index contributed by atoms with van der Waals surface area (Å²) in [5.41, 5.74) is 8.73. The maximum absolute atomic E-state index is 10.9. The van der Waals surface area contributed by atoms with E-state index >= 15 is 0 Å². The van der Waals surface area contributed by atoms with E-state index in [9.17, 15) is 5.11 Å². The molecule has 2 aromatic carbocycles. The molecule has 0 aliphatic heterocycles. The summed E-state index contributed by atoms with van der Waals surface area (Å²) in [7, 11) is 0. The smallest absolute Gasteiger partial charge is 0.149 e. The minimum Gasteiger partial charge on any atom is -0.507 e. The fourth-order valence-electron chi connectivity index (χ4n) is 3.54. The Bertz CT molecular complexity index is 1080. The van der Waals surface area contributed by atoms with Crippen LogP contribution in [-0.4, -0.2) is 16.3 Å². The van der Waals surface area contributed by atoms with Crippen molar-refractivity contribution in [2.75, 3.05) is 5.43 Å². The van der Waals surface area contributed by atoms with Crippen molar-refractivity contribution in [1.29, 1.82) is 0 Å². The zero-order valence-electron chi connectivity index (χ0n) is 19.4. The molecule has 0 bridgehead atoms. The minimum atomic E-state index is -0.171. The minimum absolute atomic E-state index is 0.171. The highest BCUT2D eigenvalue weighted by Crippen LogP contribution is 2.39. The first-order valence-electron chi connectivity index (χ1n) is 10.4. The maximum Gasteiger partial charge on any atom is 0.149 e. The largest absolute Gasteiger partial charge is 0.507 e. The van der Waals surface area contributed by atoms with Gasteiger partial charge < -0.3 is 5.11 Å². The first-order chi connectivity index (χ1) is 13.9. The van der Waals surface area contributed by atoms with Crippen molar-refractivity contribution in [3.63, 3.8) is 0 Å². The van der Waals surface area contributed by atoms with E-state index < -0.39 is 0 Å². The average molecular weight is 404 g/mol. The number of hydrogen-bond acceptors (Lipinski definition) is 4. The number of aryl methyl sites for hydroxylation is 2. The molecule has 0 unspecified atom stereocenters. The number of rotatable bonds is 3. The van der Waals surface area contributed by atoms with Crippen molar-refractivity contribution >= 4 is 22.9 Å². The second kappa shape index (κ2) is 7.75. The molecule has 3 aromatic rings. The Morgan fingerprint density at radius 1 is 0.900 bits per heavy atom. The third-order valence-electron chi connectivity index (χ3n) is 5.30. The summed E-state index contributed by atoms with van der Waals surface area (Å²) in [6, 6.07) is 12.4. The van der Waals surface area contributed by atoms with Gasteiger partial charge in [-0.3, -0.25) is 5.43 Å². The number of benzene rings is 2. The molecule has 3 rings (SSSR count). The molecular formula is C26H33N3O. The highest BCUT2D eigenvalue weighted by molar-refractivity contribution is 5.84. The number of nitrogens with zero attached hydrogens (tertiary/aromatic N) is 2. The number of hydrazone groups is 1. The van der Waals surface area contributed by atoms with Crippen LogP contribution < -0.4 is 5.43 Å². The predicted octanol–water partition coefficient (Wildman–Crippen LogP) is 6.60. The number of aromatic hydroxyl groups is 1. The lowest BCUT2D eigenvalue weighted by atomic mass is 9.78. The van der Waals surface area contributed by atoms with Crippen molar-refractivity contribution in [2.45, 2.75) is 66.2 Å². The zero-order chi connectivity index (χ0) is 22.3. The number of fused-ring (bicyclic) bond motifs is 1. The molecule has 0 atom stereocenters. The Hall–Kier alpha value is -2.88. The van der Waals surface area contributed by atoms with E-state index in [2.05, 4.69) is 83.3 Å². The van der Waals surface area contributed by atoms with E-state index in [1.165, 1.54) is 5.56 Å². The molecule has 1 heterocycles. The number of phenolic OH excluding ortho intramolecular Hbond substituents is 1. The molecule has 4 nitrogen and oxygen atoms in total. The van der Waals surface area contributed by atoms with E-state index in [-0.39, 0.29) is 10.8 Å². The van der Waals surface area contributed by atoms with Gasteiger partial charge in [0, 0.05) is 16.5 Å². The van der Waals surface area contributed by atoms with Crippen molar-refractivity contribution < 1.29 is 5.11 Å². The summed E-state index contributed by atoms with van der Waals surface area (Å²) < 4.78 is 0. The summed E-state index contributed by atoms with van der Waals surface area (Å²) in [4.78, 5) is 4.73. The second-order valence-corrected chi connectivity index (χ2v) is 10.2. The van der Waals surface area contributed by atoms with Crippen LogP contribution in [0.15, 0.2) is 41.5 Å². The van der Waals surface area contributed by atoms with Crippen LogP contribution in [0.4, 0.5) is 5.82 Å². The molecule has 2 N–H and O–H groups in total. The van der Waals surface area contributed by atoms with Gasteiger partial charge in [-0.15, -0.1) is 0 Å². The van der Waals surface area contributed by atoms with Crippen LogP contribution in [0.2, 0.25) is 0 Å². The SMILES string of the molecule is Cc1ccc2cc(C)c(N/N=C\c3cc(C(C)(C)C)c(O)c(C(C)(C)C)c3)nc2c1. The van der Waals surface area contributed by atoms with E-state index in [4.69, 9.17) is 4.98 Å². The van der Waals surface area contributed by atoms with Crippen LogP contribution in [0, 0.1) is 13.8 Å². The van der Waals surface area contributed by atoms with Crippen LogP contribution in [0.3, 0.4) is 0 Å². The zero-order valence-corrected chi connectivity index (χ0v) is 19.4. The van der Waals surface area contributed by atoms with Gasteiger partial charge in [-0.1, -0.05) is 53.7 Å². The lowest BCUT2D eigenvalue weighted by Gasteiger charge is -2.27. The number of nitrogens with one attached hydrogen (secondary N) is 1. The van der Waals surface area contributed by atoms with Gasteiger partial charge in [0.2, 0.25) is 0 Å². The quantitative estimate of drug-likeness (QED) is 0.383. The third kappa shape index (κ3) is 4.64. The predicted molar refractivity (Wildman–Crippen MR) is 128 cm³/mol. The normalized spacial score (nSPS) is 12.7. The van der Waals surface area contributed by atoms with Gasteiger partial charge in [0.25, 0.3) is 0 Å². The van der Waals surface area contributed by atoms with Crippen molar-refractivity contribution in [3.8, 4) is 5.75 Å². The number of pyridine rings is 1. The van der Waals surface area contributed by atoms with Crippen LogP contribution >= 0.6 is 0 Å². The monoisotopic (exact) mass is 403 g/mol. The number of hydrogen-bond donors (Lipinski definition) is 2. The van der Waals surface area contributed by atoms with Gasteiger partial charge in [-0.05, 0) is 65.6 Å². The van der Waals surface area contributed by atoms with E-state index in [1.807, 2.05) is 19.1 Å². The van der Waals surface area contributed by atoms with Crippen LogP contribution in [0.1, 0.15) is 69.4 Å². The fourth-order valence-corrected chi connectivity index (χ4v) is 3.54. The molecule has 0 saturated heterocycles. The van der Waals surface area contributed by atoms with Gasteiger partial charge in [0.1, 0.15) is 11.6 Å².